The second-order valence-electron chi connectivity index (χ2n) is 5.19. The first-order valence-corrected chi connectivity index (χ1v) is 8.51. The molecule has 2 aromatic carbocycles. The molecule has 0 spiro atoms. The number of rotatable bonds is 3. The Labute approximate surface area is 143 Å². The summed E-state index contributed by atoms with van der Waals surface area (Å²) < 4.78 is 18.8. The van der Waals surface area contributed by atoms with E-state index in [0.717, 1.165) is 22.6 Å². The molecule has 1 heterocycles. The predicted molar refractivity (Wildman–Crippen MR) is 90.0 cm³/mol. The highest BCUT2D eigenvalue weighted by Gasteiger charge is 2.24. The molecule has 0 saturated carbocycles. The highest BCUT2D eigenvalue weighted by molar-refractivity contribution is 7.99. The minimum absolute atomic E-state index is 0.224. The van der Waals surface area contributed by atoms with Crippen molar-refractivity contribution >= 4 is 29.3 Å². The molecule has 3 nitrogen and oxygen atoms in total. The van der Waals surface area contributed by atoms with Crippen LogP contribution in [-0.2, 0) is 0 Å². The molecule has 0 aromatic heterocycles. The fraction of sp³-hybridized carbons (Fsp3) is 0.235. The number of hydrogen-bond acceptors (Lipinski definition) is 3. The maximum absolute atomic E-state index is 13.5. The minimum atomic E-state index is -0.300. The molecular formula is C17H15ClFNO2S. The molecule has 1 aliphatic heterocycles. The van der Waals surface area contributed by atoms with Crippen LogP contribution < -0.4 is 10.1 Å². The summed E-state index contributed by atoms with van der Waals surface area (Å²) in [4.78, 5) is 13.6. The van der Waals surface area contributed by atoms with Gasteiger partial charge in [0.05, 0.1) is 18.7 Å². The smallest absolute Gasteiger partial charge is 0.255 e. The Kier molecular flexibility index (Phi) is 4.78. The Hall–Kier alpha value is -1.72. The van der Waals surface area contributed by atoms with E-state index >= 15 is 0 Å². The van der Waals surface area contributed by atoms with Crippen LogP contribution in [0.3, 0.4) is 0 Å². The topological polar surface area (TPSA) is 38.3 Å². The van der Waals surface area contributed by atoms with E-state index in [9.17, 15) is 9.18 Å². The van der Waals surface area contributed by atoms with Crippen molar-refractivity contribution in [2.24, 2.45) is 0 Å². The number of halogens is 2. The molecule has 1 amide bonds. The van der Waals surface area contributed by atoms with Crippen LogP contribution in [0.4, 0.5) is 4.39 Å². The van der Waals surface area contributed by atoms with Crippen LogP contribution >= 0.6 is 23.4 Å². The first-order valence-electron chi connectivity index (χ1n) is 7.15. The van der Waals surface area contributed by atoms with Crippen molar-refractivity contribution in [3.63, 3.8) is 0 Å². The normalized spacial score (nSPS) is 16.6. The molecule has 2 aromatic rings. The summed E-state index contributed by atoms with van der Waals surface area (Å²) in [7, 11) is 1.50. The molecule has 0 bridgehead atoms. The fourth-order valence-electron chi connectivity index (χ4n) is 2.61. The average Bonchev–Trinajstić information content (AvgIpc) is 2.55. The lowest BCUT2D eigenvalue weighted by atomic mass is 10.0. The molecule has 1 aliphatic rings. The summed E-state index contributed by atoms with van der Waals surface area (Å²) in [5.74, 6) is 0.745. The molecule has 0 saturated heterocycles. The van der Waals surface area contributed by atoms with E-state index in [4.69, 9.17) is 16.3 Å². The molecule has 23 heavy (non-hydrogen) atoms. The van der Waals surface area contributed by atoms with Gasteiger partial charge < -0.3 is 10.1 Å². The largest absolute Gasteiger partial charge is 0.496 e. The van der Waals surface area contributed by atoms with E-state index < -0.39 is 0 Å². The molecule has 1 atom stereocenters. The summed E-state index contributed by atoms with van der Waals surface area (Å²) in [6.07, 6.45) is 0.746. The van der Waals surface area contributed by atoms with Crippen molar-refractivity contribution in [2.75, 3.05) is 12.9 Å². The van der Waals surface area contributed by atoms with Crippen LogP contribution in [0.2, 0.25) is 5.02 Å². The Balaban J connectivity index is 1.87. The highest BCUT2D eigenvalue weighted by atomic mass is 35.5. The second kappa shape index (κ2) is 6.81. The van der Waals surface area contributed by atoms with E-state index in [-0.39, 0.29) is 17.8 Å². The number of carbonyl (C=O) groups is 1. The number of benzene rings is 2. The van der Waals surface area contributed by atoms with Crippen LogP contribution in [-0.4, -0.2) is 18.8 Å². The van der Waals surface area contributed by atoms with Gasteiger partial charge in [-0.15, -0.1) is 11.8 Å². The van der Waals surface area contributed by atoms with E-state index in [1.807, 2.05) is 0 Å². The molecule has 6 heteroatoms. The predicted octanol–water partition coefficient (Wildman–Crippen LogP) is 4.45. The van der Waals surface area contributed by atoms with Crippen LogP contribution in [0.15, 0.2) is 41.3 Å². The Bertz CT molecular complexity index is 753. The van der Waals surface area contributed by atoms with Gasteiger partial charge in [0.25, 0.3) is 5.91 Å². The summed E-state index contributed by atoms with van der Waals surface area (Å²) in [5, 5.41) is 3.42. The van der Waals surface area contributed by atoms with Crippen molar-refractivity contribution in [3.8, 4) is 5.75 Å². The SMILES string of the molecule is COc1ccc(Cl)cc1C(=O)N[C@@H]1CCSc2ccc(F)cc21. The zero-order valence-corrected chi connectivity index (χ0v) is 14.0. The van der Waals surface area contributed by atoms with Gasteiger partial charge in [-0.3, -0.25) is 4.79 Å². The second-order valence-corrected chi connectivity index (χ2v) is 6.76. The Morgan fingerprint density at radius 3 is 2.96 bits per heavy atom. The van der Waals surface area contributed by atoms with Crippen molar-refractivity contribution in [3.05, 3.63) is 58.4 Å². The summed E-state index contributed by atoms with van der Waals surface area (Å²) in [6.45, 7) is 0. The van der Waals surface area contributed by atoms with Crippen LogP contribution in [0.5, 0.6) is 5.75 Å². The zero-order valence-electron chi connectivity index (χ0n) is 12.4. The van der Waals surface area contributed by atoms with Crippen LogP contribution in [0.25, 0.3) is 0 Å². The van der Waals surface area contributed by atoms with Gasteiger partial charge in [0, 0.05) is 15.7 Å². The first-order chi connectivity index (χ1) is 11.1. The third-order valence-corrected chi connectivity index (χ3v) is 5.08. The van der Waals surface area contributed by atoms with E-state index in [1.54, 1.807) is 36.0 Å². The van der Waals surface area contributed by atoms with Gasteiger partial charge in [0.15, 0.2) is 0 Å². The number of amides is 1. The van der Waals surface area contributed by atoms with E-state index in [1.165, 1.54) is 19.2 Å². The Morgan fingerprint density at radius 2 is 2.17 bits per heavy atom. The van der Waals surface area contributed by atoms with Crippen molar-refractivity contribution in [1.29, 1.82) is 0 Å². The first kappa shape index (κ1) is 16.1. The van der Waals surface area contributed by atoms with Crippen molar-refractivity contribution in [2.45, 2.75) is 17.4 Å². The molecule has 0 fully saturated rings. The van der Waals surface area contributed by atoms with Crippen molar-refractivity contribution in [1.82, 2.24) is 5.32 Å². The maximum atomic E-state index is 13.5. The third kappa shape index (κ3) is 3.46. The van der Waals surface area contributed by atoms with E-state index in [2.05, 4.69) is 5.32 Å². The fourth-order valence-corrected chi connectivity index (χ4v) is 3.89. The number of thioether (sulfide) groups is 1. The molecule has 0 radical (unpaired) electrons. The quantitative estimate of drug-likeness (QED) is 0.887. The molecule has 0 unspecified atom stereocenters. The van der Waals surface area contributed by atoms with Gasteiger partial charge >= 0.3 is 0 Å². The maximum Gasteiger partial charge on any atom is 0.255 e. The summed E-state index contributed by atoms with van der Waals surface area (Å²) >= 11 is 7.64. The highest BCUT2D eigenvalue weighted by Crippen LogP contribution is 2.37. The minimum Gasteiger partial charge on any atom is -0.496 e. The zero-order chi connectivity index (χ0) is 16.4. The van der Waals surface area contributed by atoms with Gasteiger partial charge in [0.2, 0.25) is 0 Å². The standard InChI is InChI=1S/C17H15ClFNO2S/c1-22-15-4-2-10(18)8-13(15)17(21)20-14-6-7-23-16-5-3-11(19)9-12(14)16/h2-5,8-9,14H,6-7H2,1H3,(H,20,21)/t14-/m1/s1. The van der Waals surface area contributed by atoms with Crippen LogP contribution in [0.1, 0.15) is 28.4 Å². The molecule has 120 valence electrons. The molecular weight excluding hydrogens is 337 g/mol. The third-order valence-electron chi connectivity index (χ3n) is 3.72. The van der Waals surface area contributed by atoms with Gasteiger partial charge in [-0.2, -0.15) is 0 Å². The number of methoxy groups -OCH3 is 1. The molecule has 3 rings (SSSR count). The van der Waals surface area contributed by atoms with E-state index in [0.29, 0.717) is 16.3 Å². The average molecular weight is 352 g/mol. The number of carbonyl (C=O) groups excluding carboxylic acids is 1. The summed E-state index contributed by atoms with van der Waals surface area (Å²) in [6, 6.07) is 9.35. The summed E-state index contributed by atoms with van der Waals surface area (Å²) in [5.41, 5.74) is 1.19. The number of nitrogens with one attached hydrogen (secondary N) is 1. The monoisotopic (exact) mass is 351 g/mol. The number of ether oxygens (including phenoxy) is 1. The Morgan fingerprint density at radius 1 is 1.35 bits per heavy atom. The van der Waals surface area contributed by atoms with Gasteiger partial charge in [-0.25, -0.2) is 4.39 Å². The van der Waals surface area contributed by atoms with Gasteiger partial charge in [-0.05, 0) is 48.4 Å². The lowest BCUT2D eigenvalue weighted by molar-refractivity contribution is 0.0932. The van der Waals surface area contributed by atoms with Crippen LogP contribution in [0, 0.1) is 5.82 Å². The lowest BCUT2D eigenvalue weighted by Crippen LogP contribution is -2.31. The lowest BCUT2D eigenvalue weighted by Gasteiger charge is -2.26. The van der Waals surface area contributed by atoms with Crippen molar-refractivity contribution < 1.29 is 13.9 Å². The van der Waals surface area contributed by atoms with Gasteiger partial charge in [-0.1, -0.05) is 11.6 Å². The van der Waals surface area contributed by atoms with Gasteiger partial charge in [0.1, 0.15) is 11.6 Å². The molecule has 1 N–H and O–H groups in total. The number of hydrogen-bond donors (Lipinski definition) is 1. The molecule has 0 aliphatic carbocycles. The number of fused-ring (bicyclic) bond motifs is 1.